The Bertz CT molecular complexity index is 665. The molecule has 3 rings (SSSR count). The van der Waals surface area contributed by atoms with E-state index < -0.39 is 5.91 Å². The number of ether oxygens (including phenoxy) is 1. The maximum atomic E-state index is 11.1. The van der Waals surface area contributed by atoms with Crippen LogP contribution in [-0.4, -0.2) is 28.8 Å². The predicted octanol–water partition coefficient (Wildman–Crippen LogP) is 1.39. The van der Waals surface area contributed by atoms with Crippen molar-refractivity contribution in [2.75, 3.05) is 13.2 Å². The summed E-state index contributed by atoms with van der Waals surface area (Å²) in [7, 11) is 1.92. The standard InChI is InChI=1S/C17H22N4O2/c1-21-11-15(10-20-21)16-14(6-7-23-16)9-19-8-12-2-4-13(5-3-12)17(18)22/h2-5,10-11,14,16,19H,6-9H2,1H3,(H2,18,22)/t14-,16+/m1/s1. The first-order valence-corrected chi connectivity index (χ1v) is 7.83. The van der Waals surface area contributed by atoms with Crippen molar-refractivity contribution in [1.29, 1.82) is 0 Å². The lowest BCUT2D eigenvalue weighted by Crippen LogP contribution is -2.24. The van der Waals surface area contributed by atoms with Gasteiger partial charge in [0.25, 0.3) is 0 Å². The Morgan fingerprint density at radius 3 is 2.87 bits per heavy atom. The van der Waals surface area contributed by atoms with Crippen molar-refractivity contribution in [3.8, 4) is 0 Å². The highest BCUT2D eigenvalue weighted by Crippen LogP contribution is 2.33. The number of benzene rings is 1. The average molecular weight is 314 g/mol. The molecule has 2 heterocycles. The SMILES string of the molecule is Cn1cc([C@H]2OCC[C@@H]2CNCc2ccc(C(N)=O)cc2)cn1. The van der Waals surface area contributed by atoms with E-state index in [-0.39, 0.29) is 6.10 Å². The Morgan fingerprint density at radius 2 is 2.22 bits per heavy atom. The van der Waals surface area contributed by atoms with Gasteiger partial charge in [-0.05, 0) is 24.1 Å². The lowest BCUT2D eigenvalue weighted by molar-refractivity contribution is 0.0904. The summed E-state index contributed by atoms with van der Waals surface area (Å²) >= 11 is 0. The molecular formula is C17H22N4O2. The summed E-state index contributed by atoms with van der Waals surface area (Å²) in [5.74, 6) is 0.0519. The maximum absolute atomic E-state index is 11.1. The molecule has 1 amide bonds. The zero-order chi connectivity index (χ0) is 16.2. The summed E-state index contributed by atoms with van der Waals surface area (Å²) in [6.07, 6.45) is 5.07. The van der Waals surface area contributed by atoms with Crippen molar-refractivity contribution >= 4 is 5.91 Å². The van der Waals surface area contributed by atoms with Crippen molar-refractivity contribution in [2.24, 2.45) is 18.7 Å². The summed E-state index contributed by atoms with van der Waals surface area (Å²) in [6, 6.07) is 7.38. The fourth-order valence-corrected chi connectivity index (χ4v) is 2.99. The lowest BCUT2D eigenvalue weighted by Gasteiger charge is -2.18. The van der Waals surface area contributed by atoms with E-state index in [2.05, 4.69) is 10.4 Å². The van der Waals surface area contributed by atoms with Gasteiger partial charge < -0.3 is 15.8 Å². The fraction of sp³-hybridized carbons (Fsp3) is 0.412. The molecule has 1 aliphatic rings. The Morgan fingerprint density at radius 1 is 1.43 bits per heavy atom. The Balaban J connectivity index is 1.52. The van der Waals surface area contributed by atoms with Gasteiger partial charge in [-0.3, -0.25) is 9.48 Å². The zero-order valence-corrected chi connectivity index (χ0v) is 13.2. The summed E-state index contributed by atoms with van der Waals surface area (Å²) in [5, 5.41) is 7.70. The second-order valence-corrected chi connectivity index (χ2v) is 5.98. The molecule has 0 aliphatic carbocycles. The monoisotopic (exact) mass is 314 g/mol. The summed E-state index contributed by atoms with van der Waals surface area (Å²) in [6.45, 7) is 2.44. The van der Waals surface area contributed by atoms with Crippen molar-refractivity contribution in [3.63, 3.8) is 0 Å². The second kappa shape index (κ2) is 6.93. The molecule has 1 aliphatic heterocycles. The van der Waals surface area contributed by atoms with Gasteiger partial charge in [0.2, 0.25) is 5.91 Å². The molecule has 2 aromatic rings. The zero-order valence-electron chi connectivity index (χ0n) is 13.2. The summed E-state index contributed by atoms with van der Waals surface area (Å²) in [5.41, 5.74) is 8.05. The van der Waals surface area contributed by atoms with E-state index in [1.807, 2.05) is 36.3 Å². The Hall–Kier alpha value is -2.18. The van der Waals surface area contributed by atoms with E-state index >= 15 is 0 Å². The van der Waals surface area contributed by atoms with Crippen LogP contribution in [0.25, 0.3) is 0 Å². The second-order valence-electron chi connectivity index (χ2n) is 5.98. The van der Waals surface area contributed by atoms with Gasteiger partial charge in [0.1, 0.15) is 0 Å². The molecule has 0 spiro atoms. The minimum atomic E-state index is -0.396. The number of aryl methyl sites for hydroxylation is 1. The lowest BCUT2D eigenvalue weighted by atomic mass is 9.97. The third kappa shape index (κ3) is 3.78. The molecule has 1 fully saturated rings. The van der Waals surface area contributed by atoms with Crippen LogP contribution in [0.15, 0.2) is 36.7 Å². The first-order chi connectivity index (χ1) is 11.1. The normalized spacial score (nSPS) is 20.7. The van der Waals surface area contributed by atoms with Crippen molar-refractivity contribution in [3.05, 3.63) is 53.3 Å². The number of primary amides is 1. The topological polar surface area (TPSA) is 82.2 Å². The number of hydrogen-bond acceptors (Lipinski definition) is 4. The van der Waals surface area contributed by atoms with Gasteiger partial charge in [0.05, 0.1) is 12.3 Å². The van der Waals surface area contributed by atoms with E-state index in [0.29, 0.717) is 11.5 Å². The largest absolute Gasteiger partial charge is 0.373 e. The van der Waals surface area contributed by atoms with Crippen LogP contribution in [0.5, 0.6) is 0 Å². The number of nitrogens with one attached hydrogen (secondary N) is 1. The van der Waals surface area contributed by atoms with Gasteiger partial charge in [0.15, 0.2) is 0 Å². The van der Waals surface area contributed by atoms with Crippen LogP contribution in [-0.2, 0) is 18.3 Å². The van der Waals surface area contributed by atoms with Gasteiger partial charge in [-0.15, -0.1) is 0 Å². The van der Waals surface area contributed by atoms with Gasteiger partial charge in [0, 0.05) is 50.0 Å². The third-order valence-corrected chi connectivity index (χ3v) is 4.24. The van der Waals surface area contributed by atoms with Crippen LogP contribution in [0.2, 0.25) is 0 Å². The number of nitrogens with two attached hydrogens (primary N) is 1. The molecule has 23 heavy (non-hydrogen) atoms. The minimum absolute atomic E-state index is 0.119. The van der Waals surface area contributed by atoms with Crippen molar-refractivity contribution < 1.29 is 9.53 Å². The van der Waals surface area contributed by atoms with Crippen LogP contribution >= 0.6 is 0 Å². The molecule has 6 nitrogen and oxygen atoms in total. The number of carbonyl (C=O) groups excluding carboxylic acids is 1. The number of carbonyl (C=O) groups is 1. The third-order valence-electron chi connectivity index (χ3n) is 4.24. The maximum Gasteiger partial charge on any atom is 0.248 e. The van der Waals surface area contributed by atoms with E-state index in [1.165, 1.54) is 0 Å². The molecule has 0 radical (unpaired) electrons. The van der Waals surface area contributed by atoms with Gasteiger partial charge in [-0.25, -0.2) is 0 Å². The van der Waals surface area contributed by atoms with Gasteiger partial charge in [-0.1, -0.05) is 12.1 Å². The van der Waals surface area contributed by atoms with E-state index in [1.54, 1.807) is 12.1 Å². The van der Waals surface area contributed by atoms with Crippen LogP contribution in [0.4, 0.5) is 0 Å². The quantitative estimate of drug-likeness (QED) is 0.844. The van der Waals surface area contributed by atoms with Crippen LogP contribution in [0, 0.1) is 5.92 Å². The number of nitrogens with zero attached hydrogens (tertiary/aromatic N) is 2. The molecule has 1 aromatic carbocycles. The molecule has 6 heteroatoms. The molecule has 0 saturated carbocycles. The summed E-state index contributed by atoms with van der Waals surface area (Å²) < 4.78 is 7.67. The van der Waals surface area contributed by atoms with Gasteiger partial charge in [-0.2, -0.15) is 5.10 Å². The first-order valence-electron chi connectivity index (χ1n) is 7.83. The smallest absolute Gasteiger partial charge is 0.248 e. The number of amides is 1. The molecule has 2 atom stereocenters. The Kier molecular flexibility index (Phi) is 4.73. The van der Waals surface area contributed by atoms with E-state index in [0.717, 1.165) is 37.2 Å². The number of hydrogen-bond donors (Lipinski definition) is 2. The van der Waals surface area contributed by atoms with E-state index in [9.17, 15) is 4.79 Å². The molecule has 0 unspecified atom stereocenters. The average Bonchev–Trinajstić information content (AvgIpc) is 3.16. The first kappa shape index (κ1) is 15.7. The number of rotatable bonds is 6. The Labute approximate surface area is 135 Å². The highest BCUT2D eigenvalue weighted by atomic mass is 16.5. The summed E-state index contributed by atoms with van der Waals surface area (Å²) in [4.78, 5) is 11.1. The molecule has 1 saturated heterocycles. The minimum Gasteiger partial charge on any atom is -0.373 e. The molecule has 122 valence electrons. The molecule has 0 bridgehead atoms. The predicted molar refractivity (Wildman–Crippen MR) is 86.7 cm³/mol. The highest BCUT2D eigenvalue weighted by molar-refractivity contribution is 5.92. The molecule has 3 N–H and O–H groups in total. The van der Waals surface area contributed by atoms with E-state index in [4.69, 9.17) is 10.5 Å². The van der Waals surface area contributed by atoms with Gasteiger partial charge >= 0.3 is 0 Å². The fourth-order valence-electron chi connectivity index (χ4n) is 2.99. The van der Waals surface area contributed by atoms with Crippen LogP contribution < -0.4 is 11.1 Å². The molecular weight excluding hydrogens is 292 g/mol. The molecule has 1 aromatic heterocycles. The van der Waals surface area contributed by atoms with Crippen LogP contribution in [0.1, 0.15) is 34.0 Å². The van der Waals surface area contributed by atoms with Crippen molar-refractivity contribution in [1.82, 2.24) is 15.1 Å². The van der Waals surface area contributed by atoms with Crippen molar-refractivity contribution in [2.45, 2.75) is 19.1 Å². The van der Waals surface area contributed by atoms with Crippen LogP contribution in [0.3, 0.4) is 0 Å². The number of aromatic nitrogens is 2. The highest BCUT2D eigenvalue weighted by Gasteiger charge is 2.30.